The van der Waals surface area contributed by atoms with Crippen LogP contribution in [0.1, 0.15) is 146 Å². The Balaban J connectivity index is 1.11. The van der Waals surface area contributed by atoms with Gasteiger partial charge in [-0.25, -0.2) is 4.39 Å². The molecule has 3 aliphatic carbocycles. The SMILES string of the molecule is CCCCCC1CCC(C2CCC(c3ccc(-c4ccc(C5CCC(CC)CC5)cc4F)cc3)CC2)CC1. The van der Waals surface area contributed by atoms with E-state index in [9.17, 15) is 0 Å². The molecule has 0 nitrogen and oxygen atoms in total. The van der Waals surface area contributed by atoms with Crippen molar-refractivity contribution in [1.29, 1.82) is 0 Å². The maximum atomic E-state index is 15.2. The Morgan fingerprint density at radius 3 is 1.76 bits per heavy atom. The second kappa shape index (κ2) is 13.6. The van der Waals surface area contributed by atoms with Gasteiger partial charge in [-0.1, -0.05) is 95.2 Å². The van der Waals surface area contributed by atoms with Crippen LogP contribution in [0.3, 0.4) is 0 Å². The molecule has 0 saturated heterocycles. The van der Waals surface area contributed by atoms with Gasteiger partial charge in [-0.3, -0.25) is 0 Å². The van der Waals surface area contributed by atoms with Gasteiger partial charge in [0.05, 0.1) is 0 Å². The zero-order valence-electron chi connectivity index (χ0n) is 24.4. The molecular weight excluding hydrogens is 463 g/mol. The summed E-state index contributed by atoms with van der Waals surface area (Å²) in [4.78, 5) is 0. The summed E-state index contributed by atoms with van der Waals surface area (Å²) in [6.45, 7) is 4.62. The van der Waals surface area contributed by atoms with Crippen molar-refractivity contribution in [1.82, 2.24) is 0 Å². The zero-order valence-corrected chi connectivity index (χ0v) is 24.4. The first kappa shape index (κ1) is 27.9. The standard InChI is InChI=1S/C37H53F/c1-3-5-6-7-28-10-14-29(15-11-28)30-16-18-31(19-17-30)32-20-22-34(23-21-32)36-25-24-35(26-37(36)38)33-12-8-27(4-2)9-13-33/h20-31,33H,3-19H2,1-2H3. The Morgan fingerprint density at radius 2 is 1.16 bits per heavy atom. The first-order valence-electron chi connectivity index (χ1n) is 16.5. The minimum Gasteiger partial charge on any atom is -0.206 e. The molecule has 2 aromatic carbocycles. The summed E-state index contributed by atoms with van der Waals surface area (Å²) in [6, 6.07) is 15.0. The number of rotatable bonds is 9. The third kappa shape index (κ3) is 6.92. The Bertz CT molecular complexity index is 966. The molecular formula is C37H53F. The predicted molar refractivity (Wildman–Crippen MR) is 161 cm³/mol. The summed E-state index contributed by atoms with van der Waals surface area (Å²) in [6.07, 6.45) is 23.5. The van der Waals surface area contributed by atoms with Gasteiger partial charge in [0.1, 0.15) is 5.82 Å². The van der Waals surface area contributed by atoms with Crippen molar-refractivity contribution >= 4 is 0 Å². The number of hydrogen-bond acceptors (Lipinski definition) is 0. The lowest BCUT2D eigenvalue weighted by molar-refractivity contribution is 0.155. The topological polar surface area (TPSA) is 0 Å². The molecule has 0 radical (unpaired) electrons. The Morgan fingerprint density at radius 1 is 0.605 bits per heavy atom. The molecule has 38 heavy (non-hydrogen) atoms. The van der Waals surface area contributed by atoms with Crippen molar-refractivity contribution in [3.8, 4) is 11.1 Å². The van der Waals surface area contributed by atoms with Crippen LogP contribution in [0.2, 0.25) is 0 Å². The lowest BCUT2D eigenvalue weighted by Crippen LogP contribution is -2.25. The number of benzene rings is 2. The maximum Gasteiger partial charge on any atom is 0.131 e. The van der Waals surface area contributed by atoms with Crippen molar-refractivity contribution in [2.24, 2.45) is 23.7 Å². The zero-order chi connectivity index (χ0) is 26.3. The molecule has 5 rings (SSSR count). The first-order valence-corrected chi connectivity index (χ1v) is 16.5. The second-order valence-corrected chi connectivity index (χ2v) is 13.4. The van der Waals surface area contributed by atoms with Gasteiger partial charge in [-0.15, -0.1) is 0 Å². The van der Waals surface area contributed by atoms with Gasteiger partial charge in [-0.2, -0.15) is 0 Å². The van der Waals surface area contributed by atoms with Gasteiger partial charge in [0.15, 0.2) is 0 Å². The largest absolute Gasteiger partial charge is 0.206 e. The second-order valence-electron chi connectivity index (χ2n) is 13.4. The molecule has 0 amide bonds. The molecule has 3 saturated carbocycles. The molecule has 0 heterocycles. The summed E-state index contributed by atoms with van der Waals surface area (Å²) in [5.74, 6) is 5.04. The van der Waals surface area contributed by atoms with E-state index in [2.05, 4.69) is 44.2 Å². The molecule has 3 fully saturated rings. The predicted octanol–water partition coefficient (Wildman–Crippen LogP) is 11.8. The van der Waals surface area contributed by atoms with Crippen LogP contribution < -0.4 is 0 Å². The van der Waals surface area contributed by atoms with Crippen molar-refractivity contribution in [2.75, 3.05) is 0 Å². The molecule has 0 spiro atoms. The van der Waals surface area contributed by atoms with E-state index in [4.69, 9.17) is 0 Å². The van der Waals surface area contributed by atoms with Crippen LogP contribution in [0, 0.1) is 29.5 Å². The maximum absolute atomic E-state index is 15.2. The van der Waals surface area contributed by atoms with Gasteiger partial charge in [0, 0.05) is 5.56 Å². The number of hydrogen-bond donors (Lipinski definition) is 0. The van der Waals surface area contributed by atoms with E-state index in [-0.39, 0.29) is 5.82 Å². The van der Waals surface area contributed by atoms with Gasteiger partial charge in [0.25, 0.3) is 0 Å². The first-order chi connectivity index (χ1) is 18.6. The van der Waals surface area contributed by atoms with Crippen LogP contribution in [0.25, 0.3) is 11.1 Å². The van der Waals surface area contributed by atoms with E-state index in [1.807, 2.05) is 12.1 Å². The van der Waals surface area contributed by atoms with E-state index in [1.54, 1.807) is 0 Å². The van der Waals surface area contributed by atoms with Crippen molar-refractivity contribution in [3.05, 3.63) is 59.4 Å². The van der Waals surface area contributed by atoms with Crippen molar-refractivity contribution < 1.29 is 4.39 Å². The smallest absolute Gasteiger partial charge is 0.131 e. The third-order valence-corrected chi connectivity index (χ3v) is 11.1. The summed E-state index contributed by atoms with van der Waals surface area (Å²) in [5, 5.41) is 0. The van der Waals surface area contributed by atoms with Crippen molar-refractivity contribution in [2.45, 2.75) is 135 Å². The highest BCUT2D eigenvalue weighted by atomic mass is 19.1. The third-order valence-electron chi connectivity index (χ3n) is 11.1. The van der Waals surface area contributed by atoms with Crippen LogP contribution >= 0.6 is 0 Å². The van der Waals surface area contributed by atoms with Crippen LogP contribution in [-0.4, -0.2) is 0 Å². The van der Waals surface area contributed by atoms with Crippen LogP contribution in [-0.2, 0) is 0 Å². The Kier molecular flexibility index (Phi) is 10.0. The minimum atomic E-state index is -0.0477. The summed E-state index contributed by atoms with van der Waals surface area (Å²) in [5.41, 5.74) is 4.46. The van der Waals surface area contributed by atoms with Gasteiger partial charge < -0.3 is 0 Å². The Hall–Kier alpha value is -1.63. The molecule has 208 valence electrons. The van der Waals surface area contributed by atoms with Gasteiger partial charge in [-0.05, 0) is 122 Å². The van der Waals surface area contributed by atoms with E-state index in [0.717, 1.165) is 34.8 Å². The fourth-order valence-corrected chi connectivity index (χ4v) is 8.41. The molecule has 0 atom stereocenters. The average Bonchev–Trinajstić information content (AvgIpc) is 2.98. The van der Waals surface area contributed by atoms with Gasteiger partial charge >= 0.3 is 0 Å². The van der Waals surface area contributed by atoms with Crippen LogP contribution in [0.15, 0.2) is 42.5 Å². The quantitative estimate of drug-likeness (QED) is 0.291. The van der Waals surface area contributed by atoms with E-state index in [0.29, 0.717) is 11.8 Å². The number of halogens is 1. The van der Waals surface area contributed by atoms with E-state index >= 15 is 4.39 Å². The normalized spacial score (nSPS) is 30.3. The highest BCUT2D eigenvalue weighted by Gasteiger charge is 2.31. The number of unbranched alkanes of at least 4 members (excludes halogenated alkanes) is 2. The summed E-state index contributed by atoms with van der Waals surface area (Å²) >= 11 is 0. The monoisotopic (exact) mass is 516 g/mol. The Labute approximate surface area is 233 Å². The van der Waals surface area contributed by atoms with E-state index in [1.165, 1.54) is 120 Å². The fraction of sp³-hybridized carbons (Fsp3) is 0.676. The molecule has 3 aliphatic rings. The molecule has 0 bridgehead atoms. The van der Waals surface area contributed by atoms with Crippen LogP contribution in [0.5, 0.6) is 0 Å². The molecule has 0 unspecified atom stereocenters. The lowest BCUT2D eigenvalue weighted by atomic mass is 9.68. The fourth-order valence-electron chi connectivity index (χ4n) is 8.41. The molecule has 0 aromatic heterocycles. The average molecular weight is 517 g/mol. The summed E-state index contributed by atoms with van der Waals surface area (Å²) in [7, 11) is 0. The molecule has 0 N–H and O–H groups in total. The van der Waals surface area contributed by atoms with Crippen LogP contribution in [0.4, 0.5) is 4.39 Å². The molecule has 0 aliphatic heterocycles. The highest BCUT2D eigenvalue weighted by molar-refractivity contribution is 5.65. The highest BCUT2D eigenvalue weighted by Crippen LogP contribution is 2.45. The van der Waals surface area contributed by atoms with Gasteiger partial charge in [0.2, 0.25) is 0 Å². The molecule has 2 aromatic rings. The summed E-state index contributed by atoms with van der Waals surface area (Å²) < 4.78 is 15.2. The minimum absolute atomic E-state index is 0.0477. The lowest BCUT2D eigenvalue weighted by Gasteiger charge is -2.38. The van der Waals surface area contributed by atoms with Crippen molar-refractivity contribution in [3.63, 3.8) is 0 Å². The molecule has 1 heteroatoms. The van der Waals surface area contributed by atoms with E-state index < -0.39 is 0 Å².